The van der Waals surface area contributed by atoms with Crippen molar-refractivity contribution in [3.8, 4) is 0 Å². The quantitative estimate of drug-likeness (QED) is 0.749. The molecule has 1 aromatic rings. The van der Waals surface area contributed by atoms with Crippen molar-refractivity contribution in [3.05, 3.63) is 16.5 Å². The van der Waals surface area contributed by atoms with Crippen molar-refractivity contribution in [2.45, 2.75) is 59.9 Å². The van der Waals surface area contributed by atoms with Crippen LogP contribution in [0.3, 0.4) is 0 Å². The van der Waals surface area contributed by atoms with Crippen LogP contribution >= 0.6 is 11.6 Å². The lowest BCUT2D eigenvalue weighted by molar-refractivity contribution is 0.501. The molecular weight excluding hydrogens is 258 g/mol. The van der Waals surface area contributed by atoms with Crippen LogP contribution < -0.4 is 4.90 Å². The Bertz CT molecular complexity index is 430. The molecule has 108 valence electrons. The number of hydrogen-bond donors (Lipinski definition) is 0. The van der Waals surface area contributed by atoms with E-state index in [0.717, 1.165) is 23.6 Å². The third-order valence-electron chi connectivity index (χ3n) is 3.40. The molecule has 1 atom stereocenters. The summed E-state index contributed by atoms with van der Waals surface area (Å²) in [5.41, 5.74) is 0.962. The molecular formula is C15H26ClN3. The summed E-state index contributed by atoms with van der Waals surface area (Å²) in [5.74, 6) is 2.72. The number of anilines is 1. The normalized spacial score (nSPS) is 13.2. The Morgan fingerprint density at radius 2 is 1.68 bits per heavy atom. The minimum absolute atomic E-state index is 0.283. The average molecular weight is 284 g/mol. The third kappa shape index (κ3) is 4.07. The molecule has 0 spiro atoms. The van der Waals surface area contributed by atoms with Crippen molar-refractivity contribution in [2.24, 2.45) is 5.92 Å². The zero-order chi connectivity index (χ0) is 14.7. The van der Waals surface area contributed by atoms with Crippen LogP contribution in [0.5, 0.6) is 0 Å². The summed E-state index contributed by atoms with van der Waals surface area (Å²) in [6.45, 7) is 12.9. The molecule has 0 radical (unpaired) electrons. The van der Waals surface area contributed by atoms with Crippen LogP contribution in [0.2, 0.25) is 5.15 Å². The van der Waals surface area contributed by atoms with Gasteiger partial charge >= 0.3 is 0 Å². The highest BCUT2D eigenvalue weighted by Crippen LogP contribution is 2.27. The fraction of sp³-hybridized carbons (Fsp3) is 0.733. The van der Waals surface area contributed by atoms with Gasteiger partial charge in [-0.1, -0.05) is 39.3 Å². The van der Waals surface area contributed by atoms with E-state index in [1.165, 1.54) is 0 Å². The first kappa shape index (κ1) is 16.2. The van der Waals surface area contributed by atoms with Crippen LogP contribution in [0.4, 0.5) is 5.82 Å². The lowest BCUT2D eigenvalue weighted by atomic mass is 10.0. The first-order valence-electron chi connectivity index (χ1n) is 7.00. The molecule has 0 aliphatic rings. The van der Waals surface area contributed by atoms with Crippen molar-refractivity contribution in [1.29, 1.82) is 0 Å². The number of aromatic nitrogens is 2. The Hall–Kier alpha value is -0.830. The van der Waals surface area contributed by atoms with Gasteiger partial charge in [0.25, 0.3) is 0 Å². The van der Waals surface area contributed by atoms with Gasteiger partial charge in [0.2, 0.25) is 0 Å². The molecule has 0 saturated heterocycles. The first-order valence-corrected chi connectivity index (χ1v) is 7.38. The second kappa shape index (κ2) is 6.56. The topological polar surface area (TPSA) is 29.0 Å². The van der Waals surface area contributed by atoms with Crippen molar-refractivity contribution in [3.63, 3.8) is 0 Å². The maximum absolute atomic E-state index is 6.24. The average Bonchev–Trinajstić information content (AvgIpc) is 2.30. The van der Waals surface area contributed by atoms with Crippen LogP contribution in [0.15, 0.2) is 0 Å². The van der Waals surface area contributed by atoms with E-state index in [4.69, 9.17) is 16.6 Å². The molecule has 19 heavy (non-hydrogen) atoms. The number of nitrogens with zero attached hydrogens (tertiary/aromatic N) is 3. The lowest BCUT2D eigenvalue weighted by Gasteiger charge is -2.29. The standard InChI is InChI=1S/C15H26ClN3/c1-9(2)8-11(5)19(7)15-12(6)13(16)17-14(18-15)10(3)4/h9-11H,8H2,1-7H3. The molecule has 0 saturated carbocycles. The zero-order valence-electron chi connectivity index (χ0n) is 13.2. The summed E-state index contributed by atoms with van der Waals surface area (Å²) in [7, 11) is 2.09. The fourth-order valence-electron chi connectivity index (χ4n) is 2.14. The molecule has 1 aromatic heterocycles. The Labute approximate surface area is 122 Å². The zero-order valence-corrected chi connectivity index (χ0v) is 13.9. The van der Waals surface area contributed by atoms with Crippen molar-refractivity contribution < 1.29 is 0 Å². The van der Waals surface area contributed by atoms with Crippen LogP contribution in [0, 0.1) is 12.8 Å². The summed E-state index contributed by atoms with van der Waals surface area (Å²) >= 11 is 6.24. The van der Waals surface area contributed by atoms with E-state index in [2.05, 4.69) is 51.6 Å². The highest BCUT2D eigenvalue weighted by Gasteiger charge is 2.19. The van der Waals surface area contributed by atoms with Gasteiger partial charge in [-0.2, -0.15) is 0 Å². The first-order chi connectivity index (χ1) is 8.73. The summed E-state index contributed by atoms with van der Waals surface area (Å²) in [6.07, 6.45) is 1.13. The van der Waals surface area contributed by atoms with Gasteiger partial charge in [0.1, 0.15) is 16.8 Å². The predicted octanol–water partition coefficient (Wildman–Crippen LogP) is 4.43. The Morgan fingerprint density at radius 1 is 1.11 bits per heavy atom. The van der Waals surface area contributed by atoms with Crippen LogP contribution in [0.1, 0.15) is 58.3 Å². The van der Waals surface area contributed by atoms with Gasteiger partial charge in [0.05, 0.1) is 0 Å². The maximum Gasteiger partial charge on any atom is 0.137 e. The van der Waals surface area contributed by atoms with Gasteiger partial charge in [-0.15, -0.1) is 0 Å². The second-order valence-corrected chi connectivity index (χ2v) is 6.42. The fourth-order valence-corrected chi connectivity index (χ4v) is 2.32. The molecule has 0 bridgehead atoms. The molecule has 4 heteroatoms. The third-order valence-corrected chi connectivity index (χ3v) is 3.77. The largest absolute Gasteiger partial charge is 0.357 e. The Kier molecular flexibility index (Phi) is 5.60. The molecule has 0 amide bonds. The van der Waals surface area contributed by atoms with Crippen LogP contribution in [0.25, 0.3) is 0 Å². The molecule has 0 aliphatic heterocycles. The highest BCUT2D eigenvalue weighted by molar-refractivity contribution is 6.30. The molecule has 3 nitrogen and oxygen atoms in total. The summed E-state index contributed by atoms with van der Waals surface area (Å²) in [4.78, 5) is 11.3. The SMILES string of the molecule is Cc1c(Cl)nc(C(C)C)nc1N(C)C(C)CC(C)C. The van der Waals surface area contributed by atoms with Crippen molar-refractivity contribution in [2.75, 3.05) is 11.9 Å². The van der Waals surface area contributed by atoms with Crippen molar-refractivity contribution >= 4 is 17.4 Å². The Balaban J connectivity index is 3.11. The van der Waals surface area contributed by atoms with E-state index < -0.39 is 0 Å². The highest BCUT2D eigenvalue weighted by atomic mass is 35.5. The predicted molar refractivity (Wildman–Crippen MR) is 83.2 cm³/mol. The number of halogens is 1. The van der Waals surface area contributed by atoms with E-state index in [1.807, 2.05) is 6.92 Å². The van der Waals surface area contributed by atoms with Gasteiger partial charge < -0.3 is 4.90 Å². The summed E-state index contributed by atoms with van der Waals surface area (Å²) in [5, 5.41) is 0.567. The molecule has 0 aromatic carbocycles. The molecule has 0 fully saturated rings. The molecule has 0 aliphatic carbocycles. The van der Waals surface area contributed by atoms with Crippen molar-refractivity contribution in [1.82, 2.24) is 9.97 Å². The van der Waals surface area contributed by atoms with Gasteiger partial charge in [0.15, 0.2) is 0 Å². The van der Waals surface area contributed by atoms with Gasteiger partial charge in [0, 0.05) is 24.6 Å². The van der Waals surface area contributed by atoms with E-state index in [0.29, 0.717) is 17.1 Å². The van der Waals surface area contributed by atoms with Crippen LogP contribution in [-0.2, 0) is 0 Å². The second-order valence-electron chi connectivity index (χ2n) is 6.07. The minimum Gasteiger partial charge on any atom is -0.357 e. The number of hydrogen-bond acceptors (Lipinski definition) is 3. The molecule has 1 unspecified atom stereocenters. The number of rotatable bonds is 5. The van der Waals surface area contributed by atoms with Gasteiger partial charge in [-0.3, -0.25) is 0 Å². The van der Waals surface area contributed by atoms with E-state index in [9.17, 15) is 0 Å². The monoisotopic (exact) mass is 283 g/mol. The van der Waals surface area contributed by atoms with Gasteiger partial charge in [-0.05, 0) is 26.2 Å². The van der Waals surface area contributed by atoms with Crippen LogP contribution in [-0.4, -0.2) is 23.1 Å². The Morgan fingerprint density at radius 3 is 2.16 bits per heavy atom. The lowest BCUT2D eigenvalue weighted by Crippen LogP contribution is -2.32. The molecule has 1 rings (SSSR count). The summed E-state index contributed by atoms with van der Waals surface area (Å²) < 4.78 is 0. The van der Waals surface area contributed by atoms with E-state index >= 15 is 0 Å². The molecule has 1 heterocycles. The van der Waals surface area contributed by atoms with E-state index in [1.54, 1.807) is 0 Å². The summed E-state index contributed by atoms with van der Waals surface area (Å²) in [6, 6.07) is 0.435. The van der Waals surface area contributed by atoms with E-state index in [-0.39, 0.29) is 5.92 Å². The van der Waals surface area contributed by atoms with Gasteiger partial charge in [-0.25, -0.2) is 9.97 Å². The minimum atomic E-state index is 0.283. The maximum atomic E-state index is 6.24. The smallest absolute Gasteiger partial charge is 0.137 e. The molecule has 0 N–H and O–H groups in total.